The van der Waals surface area contributed by atoms with Gasteiger partial charge in [0.25, 0.3) is 10.0 Å². The molecule has 0 fully saturated rings. The van der Waals surface area contributed by atoms with E-state index in [2.05, 4.69) is 9.82 Å². The largest absolute Gasteiger partial charge is 0.496 e. The number of hydrogen-bond acceptors (Lipinski definition) is 6. The number of carbonyl (C=O) groups excluding carboxylic acids is 1. The van der Waals surface area contributed by atoms with Crippen molar-refractivity contribution < 1.29 is 17.9 Å². The third-order valence-electron chi connectivity index (χ3n) is 5.47. The Morgan fingerprint density at radius 1 is 1.11 bits per heavy atom. The van der Waals surface area contributed by atoms with Crippen LogP contribution in [0.5, 0.6) is 5.75 Å². The number of nitrogens with zero attached hydrogens (tertiary/aromatic N) is 3. The number of primary amides is 1. The van der Waals surface area contributed by atoms with Gasteiger partial charge in [0.05, 0.1) is 30.1 Å². The lowest BCUT2D eigenvalue weighted by Gasteiger charge is -2.08. The lowest BCUT2D eigenvalue weighted by Crippen LogP contribution is -2.15. The van der Waals surface area contributed by atoms with Gasteiger partial charge in [0.15, 0.2) is 5.82 Å². The Balaban J connectivity index is 1.75. The molecule has 0 aliphatic rings. The number of aryl methyl sites for hydroxylation is 1. The number of nitriles is 1. The van der Waals surface area contributed by atoms with Crippen molar-refractivity contribution in [2.45, 2.75) is 24.3 Å². The van der Waals surface area contributed by atoms with Gasteiger partial charge in [-0.3, -0.25) is 14.2 Å². The number of ether oxygens (including phenoxy) is 1. The van der Waals surface area contributed by atoms with Crippen LogP contribution in [0.25, 0.3) is 10.9 Å². The fourth-order valence-electron chi connectivity index (χ4n) is 3.86. The summed E-state index contributed by atoms with van der Waals surface area (Å²) in [5.74, 6) is 0.181. The van der Waals surface area contributed by atoms with Gasteiger partial charge in [0.2, 0.25) is 5.91 Å². The number of methoxy groups -OCH3 is 1. The Morgan fingerprint density at radius 2 is 1.86 bits per heavy atom. The predicted molar refractivity (Wildman–Crippen MR) is 131 cm³/mol. The van der Waals surface area contributed by atoms with Crippen LogP contribution in [-0.2, 0) is 27.8 Å². The molecule has 1 heterocycles. The van der Waals surface area contributed by atoms with Crippen molar-refractivity contribution in [3.05, 3.63) is 83.4 Å². The highest BCUT2D eigenvalue weighted by atomic mass is 32.2. The summed E-state index contributed by atoms with van der Waals surface area (Å²) in [4.78, 5) is 11.0. The minimum absolute atomic E-state index is 0.0310. The number of fused-ring (bicyclic) bond motifs is 1. The van der Waals surface area contributed by atoms with Crippen LogP contribution in [0, 0.1) is 11.3 Å². The molecule has 4 aromatic rings. The number of nitrogens with one attached hydrogen (secondary N) is 1. The van der Waals surface area contributed by atoms with E-state index in [0.29, 0.717) is 29.6 Å². The predicted octanol–water partition coefficient (Wildman–Crippen LogP) is 3.18. The van der Waals surface area contributed by atoms with Crippen LogP contribution in [0.2, 0.25) is 0 Å². The molecule has 0 radical (unpaired) electrons. The Bertz CT molecular complexity index is 1550. The fourth-order valence-corrected chi connectivity index (χ4v) is 5.03. The second kappa shape index (κ2) is 9.87. The lowest BCUT2D eigenvalue weighted by atomic mass is 10.1. The summed E-state index contributed by atoms with van der Waals surface area (Å²) in [6.45, 7) is 0.352. The average Bonchev–Trinajstić information content (AvgIpc) is 3.19. The Morgan fingerprint density at radius 3 is 2.60 bits per heavy atom. The number of benzene rings is 3. The Kier molecular flexibility index (Phi) is 6.71. The summed E-state index contributed by atoms with van der Waals surface area (Å²) < 4.78 is 36.0. The smallest absolute Gasteiger partial charge is 0.264 e. The quantitative estimate of drug-likeness (QED) is 0.370. The molecular formula is C25H23N5O4S. The van der Waals surface area contributed by atoms with Gasteiger partial charge in [-0.2, -0.15) is 10.4 Å². The molecule has 3 N–H and O–H groups in total. The first-order chi connectivity index (χ1) is 16.8. The second-order valence-electron chi connectivity index (χ2n) is 7.86. The number of carbonyl (C=O) groups is 1. The molecule has 0 bridgehead atoms. The summed E-state index contributed by atoms with van der Waals surface area (Å²) in [6, 6.07) is 20.9. The van der Waals surface area contributed by atoms with E-state index in [1.165, 1.54) is 19.2 Å². The molecule has 35 heavy (non-hydrogen) atoms. The van der Waals surface area contributed by atoms with Crippen molar-refractivity contribution in [2.24, 2.45) is 5.73 Å². The maximum absolute atomic E-state index is 13.2. The average molecular weight is 490 g/mol. The van der Waals surface area contributed by atoms with Gasteiger partial charge in [-0.05, 0) is 41.8 Å². The SMILES string of the molecule is COc1cccc2c1c(NS(=O)(=O)c1ccccc1C#N)nn2Cc1cccc(CCC(N)=O)c1. The fraction of sp³-hybridized carbons (Fsp3) is 0.160. The van der Waals surface area contributed by atoms with Crippen molar-refractivity contribution in [2.75, 3.05) is 11.8 Å². The molecule has 0 aliphatic heterocycles. The summed E-state index contributed by atoms with van der Waals surface area (Å²) in [6.07, 6.45) is 0.779. The summed E-state index contributed by atoms with van der Waals surface area (Å²) in [7, 11) is -2.60. The van der Waals surface area contributed by atoms with Crippen molar-refractivity contribution >= 4 is 32.7 Å². The molecule has 0 unspecified atom stereocenters. The lowest BCUT2D eigenvalue weighted by molar-refractivity contribution is -0.117. The molecule has 1 amide bonds. The van der Waals surface area contributed by atoms with E-state index in [-0.39, 0.29) is 28.6 Å². The number of anilines is 1. The molecule has 0 saturated heterocycles. The normalized spacial score (nSPS) is 11.2. The number of amides is 1. The van der Waals surface area contributed by atoms with E-state index in [1.54, 1.807) is 28.9 Å². The van der Waals surface area contributed by atoms with E-state index in [0.717, 1.165) is 11.1 Å². The Hall–Kier alpha value is -4.36. The number of rotatable bonds is 9. The molecule has 10 heteroatoms. The van der Waals surface area contributed by atoms with E-state index in [9.17, 15) is 18.5 Å². The molecule has 3 aromatic carbocycles. The zero-order valence-corrected chi connectivity index (χ0v) is 19.7. The van der Waals surface area contributed by atoms with Gasteiger partial charge < -0.3 is 10.5 Å². The topological polar surface area (TPSA) is 140 Å². The number of aromatic nitrogens is 2. The van der Waals surface area contributed by atoms with Crippen LogP contribution in [-0.4, -0.2) is 31.2 Å². The molecular weight excluding hydrogens is 466 g/mol. The molecule has 1 aromatic heterocycles. The van der Waals surface area contributed by atoms with Crippen LogP contribution >= 0.6 is 0 Å². The highest BCUT2D eigenvalue weighted by Gasteiger charge is 2.23. The number of sulfonamides is 1. The van der Waals surface area contributed by atoms with Gasteiger partial charge in [-0.25, -0.2) is 8.42 Å². The maximum atomic E-state index is 13.2. The van der Waals surface area contributed by atoms with Gasteiger partial charge in [0.1, 0.15) is 16.7 Å². The summed E-state index contributed by atoms with van der Waals surface area (Å²) >= 11 is 0. The van der Waals surface area contributed by atoms with E-state index in [4.69, 9.17) is 10.5 Å². The molecule has 4 rings (SSSR count). The first kappa shape index (κ1) is 23.8. The highest BCUT2D eigenvalue weighted by Crippen LogP contribution is 2.34. The zero-order chi connectivity index (χ0) is 25.0. The van der Waals surface area contributed by atoms with Gasteiger partial charge in [-0.1, -0.05) is 42.5 Å². The number of nitrogens with two attached hydrogens (primary N) is 1. The molecule has 0 saturated carbocycles. The molecule has 9 nitrogen and oxygen atoms in total. The first-order valence-corrected chi connectivity index (χ1v) is 12.2. The van der Waals surface area contributed by atoms with Crippen molar-refractivity contribution in [1.29, 1.82) is 5.26 Å². The van der Waals surface area contributed by atoms with Crippen LogP contribution in [0.4, 0.5) is 5.82 Å². The maximum Gasteiger partial charge on any atom is 0.264 e. The van der Waals surface area contributed by atoms with Crippen LogP contribution in [0.15, 0.2) is 71.6 Å². The molecule has 0 atom stereocenters. The summed E-state index contributed by atoms with van der Waals surface area (Å²) in [5, 5.41) is 14.4. The van der Waals surface area contributed by atoms with E-state index >= 15 is 0 Å². The van der Waals surface area contributed by atoms with Crippen molar-refractivity contribution in [3.8, 4) is 11.8 Å². The summed E-state index contributed by atoms with van der Waals surface area (Å²) in [5.41, 5.74) is 7.84. The third-order valence-corrected chi connectivity index (χ3v) is 6.87. The van der Waals surface area contributed by atoms with E-state index < -0.39 is 10.0 Å². The second-order valence-corrected chi connectivity index (χ2v) is 9.51. The van der Waals surface area contributed by atoms with Gasteiger partial charge in [-0.15, -0.1) is 0 Å². The number of hydrogen-bond donors (Lipinski definition) is 2. The molecule has 0 aliphatic carbocycles. The van der Waals surface area contributed by atoms with Gasteiger partial charge >= 0.3 is 0 Å². The third kappa shape index (κ3) is 5.10. The Labute approximate surface area is 202 Å². The molecule has 178 valence electrons. The standard InChI is InChI=1S/C25H23N5O4S/c1-34-21-10-5-9-20-24(21)25(29-35(32,33)22-11-3-2-8-19(22)15-26)28-30(20)16-18-7-4-6-17(14-18)12-13-23(27)31/h2-11,14H,12-13,16H2,1H3,(H2,27,31)(H,28,29). The zero-order valence-electron chi connectivity index (χ0n) is 18.9. The monoisotopic (exact) mass is 489 g/mol. The minimum atomic E-state index is -4.10. The van der Waals surface area contributed by atoms with Crippen molar-refractivity contribution in [3.63, 3.8) is 0 Å². The van der Waals surface area contributed by atoms with Crippen molar-refractivity contribution in [1.82, 2.24) is 9.78 Å². The van der Waals surface area contributed by atoms with Crippen LogP contribution < -0.4 is 15.2 Å². The molecule has 0 spiro atoms. The first-order valence-electron chi connectivity index (χ1n) is 10.7. The van der Waals surface area contributed by atoms with Crippen LogP contribution in [0.1, 0.15) is 23.1 Å². The van der Waals surface area contributed by atoms with Crippen LogP contribution in [0.3, 0.4) is 0 Å². The minimum Gasteiger partial charge on any atom is -0.496 e. The van der Waals surface area contributed by atoms with E-state index in [1.807, 2.05) is 36.4 Å². The van der Waals surface area contributed by atoms with Gasteiger partial charge in [0, 0.05) is 6.42 Å². The highest BCUT2D eigenvalue weighted by molar-refractivity contribution is 7.92.